The average Bonchev–Trinajstić information content (AvgIpc) is 3.24. The molecule has 8 nitrogen and oxygen atoms in total. The third kappa shape index (κ3) is 3.10. The molecule has 0 saturated carbocycles. The smallest absolute Gasteiger partial charge is 0.410 e. The van der Waals surface area contributed by atoms with Crippen molar-refractivity contribution in [1.82, 2.24) is 24.4 Å². The van der Waals surface area contributed by atoms with E-state index in [0.717, 1.165) is 29.9 Å². The second kappa shape index (κ2) is 7.07. The van der Waals surface area contributed by atoms with Gasteiger partial charge in [0.05, 0.1) is 23.0 Å². The van der Waals surface area contributed by atoms with E-state index in [0.29, 0.717) is 31.2 Å². The number of cyclic esters (lactones) is 1. The molecule has 2 amide bonds. The first-order valence-corrected chi connectivity index (χ1v) is 9.93. The molecule has 1 unspecified atom stereocenters. The van der Waals surface area contributed by atoms with Gasteiger partial charge in [-0.2, -0.15) is 5.10 Å². The molecule has 4 rings (SSSR count). The van der Waals surface area contributed by atoms with E-state index in [4.69, 9.17) is 4.74 Å². The number of carbonyl (C=O) groups is 2. The van der Waals surface area contributed by atoms with Crippen LogP contribution in [0.1, 0.15) is 48.4 Å². The number of likely N-dealkylation sites (tertiary alicyclic amines) is 1. The van der Waals surface area contributed by atoms with E-state index in [1.807, 2.05) is 29.7 Å². The monoisotopic (exact) mass is 385 g/mol. The molecule has 150 valence electrons. The van der Waals surface area contributed by atoms with E-state index in [-0.39, 0.29) is 24.1 Å². The molecular weight excluding hydrogens is 358 g/mol. The van der Waals surface area contributed by atoms with Gasteiger partial charge in [0.2, 0.25) is 0 Å². The second-order valence-electron chi connectivity index (χ2n) is 8.13. The predicted octanol–water partition coefficient (Wildman–Crippen LogP) is 2.43. The SMILES string of the molecule is Cc1cc2ncc(C(=O)N3CCC(N4C(=O)OCC4C(C)C)CC3)c(C)n2n1. The lowest BCUT2D eigenvalue weighted by Gasteiger charge is -2.38. The predicted molar refractivity (Wildman–Crippen MR) is 103 cm³/mol. The van der Waals surface area contributed by atoms with E-state index in [1.165, 1.54) is 0 Å². The van der Waals surface area contributed by atoms with Crippen LogP contribution in [0.3, 0.4) is 0 Å². The van der Waals surface area contributed by atoms with Crippen molar-refractivity contribution >= 4 is 17.6 Å². The summed E-state index contributed by atoms with van der Waals surface area (Å²) in [7, 11) is 0. The minimum Gasteiger partial charge on any atom is -0.447 e. The number of ether oxygens (including phenoxy) is 1. The molecule has 0 spiro atoms. The Kier molecular flexibility index (Phi) is 4.72. The summed E-state index contributed by atoms with van der Waals surface area (Å²) >= 11 is 0. The molecule has 2 saturated heterocycles. The van der Waals surface area contributed by atoms with Gasteiger partial charge in [0.25, 0.3) is 5.91 Å². The molecular formula is C20H27N5O3. The summed E-state index contributed by atoms with van der Waals surface area (Å²) in [5.41, 5.74) is 3.00. The first-order valence-electron chi connectivity index (χ1n) is 9.93. The van der Waals surface area contributed by atoms with Crippen molar-refractivity contribution in [3.63, 3.8) is 0 Å². The molecule has 28 heavy (non-hydrogen) atoms. The molecule has 4 heterocycles. The molecule has 2 aliphatic heterocycles. The van der Waals surface area contributed by atoms with Crippen LogP contribution in [0, 0.1) is 19.8 Å². The fourth-order valence-corrected chi connectivity index (χ4v) is 4.27. The number of hydrogen-bond donors (Lipinski definition) is 0. The number of aryl methyl sites for hydroxylation is 2. The van der Waals surface area contributed by atoms with Crippen LogP contribution in [0.15, 0.2) is 12.3 Å². The standard InChI is InChI=1S/C20H27N5O3/c1-12(2)17-11-28-20(27)24(17)15-5-7-23(8-6-15)19(26)16-10-21-18-9-13(3)22-25(18)14(16)4/h9-10,12,15,17H,5-8,11H2,1-4H3. The number of carbonyl (C=O) groups excluding carboxylic acids is 2. The zero-order valence-electron chi connectivity index (χ0n) is 16.9. The topological polar surface area (TPSA) is 80.0 Å². The molecule has 0 aliphatic carbocycles. The van der Waals surface area contributed by atoms with Crippen LogP contribution in [0.25, 0.3) is 5.65 Å². The van der Waals surface area contributed by atoms with Crippen LogP contribution in [0.5, 0.6) is 0 Å². The first kappa shape index (κ1) is 18.7. The quantitative estimate of drug-likeness (QED) is 0.811. The Bertz CT molecular complexity index is 914. The van der Waals surface area contributed by atoms with Gasteiger partial charge in [-0.05, 0) is 32.6 Å². The van der Waals surface area contributed by atoms with Gasteiger partial charge >= 0.3 is 6.09 Å². The molecule has 2 aliphatic rings. The van der Waals surface area contributed by atoms with Gasteiger partial charge < -0.3 is 9.64 Å². The lowest BCUT2D eigenvalue weighted by atomic mass is 9.97. The Morgan fingerprint density at radius 2 is 1.96 bits per heavy atom. The highest BCUT2D eigenvalue weighted by Gasteiger charge is 2.41. The zero-order valence-corrected chi connectivity index (χ0v) is 16.9. The zero-order chi connectivity index (χ0) is 20.0. The van der Waals surface area contributed by atoms with Gasteiger partial charge in [0, 0.05) is 31.4 Å². The van der Waals surface area contributed by atoms with Crippen LogP contribution in [0.4, 0.5) is 4.79 Å². The third-order valence-corrected chi connectivity index (χ3v) is 5.94. The van der Waals surface area contributed by atoms with Crippen molar-refractivity contribution in [3.8, 4) is 0 Å². The Morgan fingerprint density at radius 3 is 2.64 bits per heavy atom. The highest BCUT2D eigenvalue weighted by molar-refractivity contribution is 5.95. The van der Waals surface area contributed by atoms with Gasteiger partial charge in [-0.25, -0.2) is 14.3 Å². The molecule has 1 atom stereocenters. The maximum Gasteiger partial charge on any atom is 0.410 e. The van der Waals surface area contributed by atoms with Gasteiger partial charge in [0.1, 0.15) is 6.61 Å². The van der Waals surface area contributed by atoms with E-state index in [2.05, 4.69) is 23.9 Å². The van der Waals surface area contributed by atoms with Crippen molar-refractivity contribution in [1.29, 1.82) is 0 Å². The summed E-state index contributed by atoms with van der Waals surface area (Å²) in [6.07, 6.45) is 2.95. The number of aromatic nitrogens is 3. The van der Waals surface area contributed by atoms with Gasteiger partial charge in [-0.15, -0.1) is 0 Å². The van der Waals surface area contributed by atoms with Crippen LogP contribution in [-0.2, 0) is 4.74 Å². The Hall–Kier alpha value is -2.64. The van der Waals surface area contributed by atoms with E-state index in [9.17, 15) is 9.59 Å². The maximum absolute atomic E-state index is 13.1. The molecule has 2 aromatic rings. The van der Waals surface area contributed by atoms with Crippen LogP contribution in [0.2, 0.25) is 0 Å². The number of rotatable bonds is 3. The van der Waals surface area contributed by atoms with Crippen LogP contribution >= 0.6 is 0 Å². The lowest BCUT2D eigenvalue weighted by Crippen LogP contribution is -2.51. The van der Waals surface area contributed by atoms with Crippen molar-refractivity contribution in [2.45, 2.75) is 52.6 Å². The number of hydrogen-bond acceptors (Lipinski definition) is 5. The Morgan fingerprint density at radius 1 is 1.25 bits per heavy atom. The average molecular weight is 385 g/mol. The van der Waals surface area contributed by atoms with Gasteiger partial charge in [-0.1, -0.05) is 13.8 Å². The largest absolute Gasteiger partial charge is 0.447 e. The van der Waals surface area contributed by atoms with E-state index >= 15 is 0 Å². The molecule has 2 aromatic heterocycles. The molecule has 8 heteroatoms. The highest BCUT2D eigenvalue weighted by atomic mass is 16.6. The molecule has 0 aromatic carbocycles. The summed E-state index contributed by atoms with van der Waals surface area (Å²) in [4.78, 5) is 33.4. The molecule has 2 fully saturated rings. The fraction of sp³-hybridized carbons (Fsp3) is 0.600. The fourth-order valence-electron chi connectivity index (χ4n) is 4.27. The Labute approximate surface area is 164 Å². The number of piperidine rings is 1. The minimum atomic E-state index is -0.219. The van der Waals surface area contributed by atoms with Gasteiger partial charge in [-0.3, -0.25) is 9.69 Å². The second-order valence-corrected chi connectivity index (χ2v) is 8.13. The van der Waals surface area contributed by atoms with Crippen molar-refractivity contribution in [3.05, 3.63) is 29.2 Å². The van der Waals surface area contributed by atoms with Crippen molar-refractivity contribution < 1.29 is 14.3 Å². The third-order valence-electron chi connectivity index (χ3n) is 5.94. The molecule has 0 radical (unpaired) electrons. The van der Waals surface area contributed by atoms with Crippen molar-refractivity contribution in [2.75, 3.05) is 19.7 Å². The van der Waals surface area contributed by atoms with Crippen molar-refractivity contribution in [2.24, 2.45) is 5.92 Å². The highest BCUT2D eigenvalue weighted by Crippen LogP contribution is 2.28. The minimum absolute atomic E-state index is 0.0251. The molecule has 0 bridgehead atoms. The number of fused-ring (bicyclic) bond motifs is 1. The summed E-state index contributed by atoms with van der Waals surface area (Å²) in [6, 6.07) is 2.14. The van der Waals surface area contributed by atoms with E-state index in [1.54, 1.807) is 10.7 Å². The van der Waals surface area contributed by atoms with Gasteiger partial charge in [0.15, 0.2) is 5.65 Å². The van der Waals surface area contributed by atoms with E-state index < -0.39 is 0 Å². The van der Waals surface area contributed by atoms with Crippen LogP contribution in [-0.4, -0.2) is 68.2 Å². The Balaban J connectivity index is 1.47. The maximum atomic E-state index is 13.1. The summed E-state index contributed by atoms with van der Waals surface area (Å²) < 4.78 is 7.01. The number of nitrogens with zero attached hydrogens (tertiary/aromatic N) is 5. The lowest BCUT2D eigenvalue weighted by molar-refractivity contribution is 0.0618. The van der Waals surface area contributed by atoms with Crippen LogP contribution < -0.4 is 0 Å². The summed E-state index contributed by atoms with van der Waals surface area (Å²) in [6.45, 7) is 9.73. The first-order chi connectivity index (χ1) is 13.4. The summed E-state index contributed by atoms with van der Waals surface area (Å²) in [5, 5.41) is 4.42. The summed E-state index contributed by atoms with van der Waals surface area (Å²) in [5.74, 6) is 0.326. The number of amides is 2. The molecule has 0 N–H and O–H groups in total. The normalized spacial score (nSPS) is 21.0.